The standard InChI is InChI=1S/C14H9Br3ClNO2/c15-14(16,17)12(10-2-1-7-19-8-10)21-13(20)9-3-5-11(18)6-4-9/h1-8,12H. The van der Waals surface area contributed by atoms with Crippen molar-refractivity contribution < 1.29 is 9.53 Å². The average Bonchev–Trinajstić information content (AvgIpc) is 2.45. The normalized spacial score (nSPS) is 12.8. The number of nitrogens with zero attached hydrogens (tertiary/aromatic N) is 1. The third-order valence-electron chi connectivity index (χ3n) is 2.59. The third-order valence-corrected chi connectivity index (χ3v) is 4.09. The average molecular weight is 498 g/mol. The van der Waals surface area contributed by atoms with Crippen LogP contribution in [0.25, 0.3) is 0 Å². The van der Waals surface area contributed by atoms with Crippen molar-refractivity contribution in [1.82, 2.24) is 4.98 Å². The minimum atomic E-state index is -0.794. The van der Waals surface area contributed by atoms with E-state index in [0.717, 1.165) is 5.56 Å². The van der Waals surface area contributed by atoms with Crippen LogP contribution >= 0.6 is 59.4 Å². The number of rotatable bonds is 3. The van der Waals surface area contributed by atoms with Gasteiger partial charge in [0.1, 0.15) is 0 Å². The number of carbonyl (C=O) groups is 1. The van der Waals surface area contributed by atoms with Gasteiger partial charge < -0.3 is 4.74 Å². The Morgan fingerprint density at radius 2 is 1.86 bits per heavy atom. The zero-order valence-corrected chi connectivity index (χ0v) is 16.0. The highest BCUT2D eigenvalue weighted by Crippen LogP contribution is 2.47. The van der Waals surface area contributed by atoms with Gasteiger partial charge in [-0.05, 0) is 30.3 Å². The molecule has 0 aliphatic heterocycles. The summed E-state index contributed by atoms with van der Waals surface area (Å²) in [6.45, 7) is 0. The maximum Gasteiger partial charge on any atom is 0.338 e. The van der Waals surface area contributed by atoms with Gasteiger partial charge in [0, 0.05) is 23.0 Å². The molecular weight excluding hydrogens is 489 g/mol. The first kappa shape index (κ1) is 16.9. The van der Waals surface area contributed by atoms with Crippen molar-refractivity contribution in [2.24, 2.45) is 0 Å². The fourth-order valence-corrected chi connectivity index (χ4v) is 2.82. The molecule has 21 heavy (non-hydrogen) atoms. The maximum absolute atomic E-state index is 12.2. The zero-order valence-electron chi connectivity index (χ0n) is 10.5. The molecule has 0 saturated carbocycles. The summed E-state index contributed by atoms with van der Waals surface area (Å²) in [6.07, 6.45) is 2.67. The van der Waals surface area contributed by atoms with E-state index < -0.39 is 14.2 Å². The third kappa shape index (κ3) is 4.77. The molecule has 1 heterocycles. The summed E-state index contributed by atoms with van der Waals surface area (Å²) in [7, 11) is 0. The number of pyridine rings is 1. The molecule has 0 aliphatic rings. The lowest BCUT2D eigenvalue weighted by atomic mass is 10.2. The number of benzene rings is 1. The molecule has 0 fully saturated rings. The molecule has 1 unspecified atom stereocenters. The quantitative estimate of drug-likeness (QED) is 0.416. The molecule has 0 saturated heterocycles. The second kappa shape index (κ2) is 7.22. The Hall–Kier alpha value is -0.430. The summed E-state index contributed by atoms with van der Waals surface area (Å²) < 4.78 is 4.77. The van der Waals surface area contributed by atoms with E-state index in [-0.39, 0.29) is 0 Å². The van der Waals surface area contributed by atoms with E-state index in [0.29, 0.717) is 10.6 Å². The number of hydrogen-bond acceptors (Lipinski definition) is 3. The number of alkyl halides is 3. The van der Waals surface area contributed by atoms with Gasteiger partial charge in [0.25, 0.3) is 0 Å². The van der Waals surface area contributed by atoms with Crippen molar-refractivity contribution in [2.45, 2.75) is 8.25 Å². The molecule has 0 bridgehead atoms. The van der Waals surface area contributed by atoms with E-state index in [1.807, 2.05) is 6.07 Å². The fraction of sp³-hybridized carbons (Fsp3) is 0.143. The van der Waals surface area contributed by atoms with Gasteiger partial charge in [0.15, 0.2) is 8.25 Å². The number of carbonyl (C=O) groups excluding carboxylic acids is 1. The minimum absolute atomic E-state index is 0.421. The Balaban J connectivity index is 2.24. The van der Waals surface area contributed by atoms with Crippen molar-refractivity contribution in [3.05, 3.63) is 64.9 Å². The van der Waals surface area contributed by atoms with Crippen LogP contribution in [0.15, 0.2) is 48.8 Å². The molecule has 7 heteroatoms. The molecule has 1 aromatic carbocycles. The van der Waals surface area contributed by atoms with Crippen molar-refractivity contribution in [3.8, 4) is 0 Å². The van der Waals surface area contributed by atoms with Crippen LogP contribution in [0.3, 0.4) is 0 Å². The van der Waals surface area contributed by atoms with Crippen molar-refractivity contribution >= 4 is 65.4 Å². The van der Waals surface area contributed by atoms with Gasteiger partial charge in [-0.25, -0.2) is 4.79 Å². The van der Waals surface area contributed by atoms with Crippen molar-refractivity contribution in [1.29, 1.82) is 0 Å². The molecule has 0 radical (unpaired) electrons. The van der Waals surface area contributed by atoms with Gasteiger partial charge in [-0.1, -0.05) is 65.5 Å². The predicted molar refractivity (Wildman–Crippen MR) is 93.4 cm³/mol. The molecule has 1 atom stereocenters. The Morgan fingerprint density at radius 3 is 2.38 bits per heavy atom. The highest BCUT2D eigenvalue weighted by molar-refractivity contribution is 9.39. The minimum Gasteiger partial charge on any atom is -0.450 e. The van der Waals surface area contributed by atoms with E-state index in [1.54, 1.807) is 42.7 Å². The van der Waals surface area contributed by atoms with Crippen LogP contribution in [-0.2, 0) is 4.74 Å². The number of aromatic nitrogens is 1. The number of esters is 1. The van der Waals surface area contributed by atoms with Gasteiger partial charge in [-0.3, -0.25) is 4.98 Å². The van der Waals surface area contributed by atoms with E-state index >= 15 is 0 Å². The summed E-state index contributed by atoms with van der Waals surface area (Å²) in [6, 6.07) is 10.1. The van der Waals surface area contributed by atoms with Gasteiger partial charge in [0.2, 0.25) is 0 Å². The highest BCUT2D eigenvalue weighted by Gasteiger charge is 2.36. The topological polar surface area (TPSA) is 39.2 Å². The summed E-state index contributed by atoms with van der Waals surface area (Å²) in [4.78, 5) is 16.3. The van der Waals surface area contributed by atoms with Crippen molar-refractivity contribution in [2.75, 3.05) is 0 Å². The lowest BCUT2D eigenvalue weighted by Crippen LogP contribution is -2.22. The first-order valence-electron chi connectivity index (χ1n) is 5.81. The van der Waals surface area contributed by atoms with Gasteiger partial charge in [-0.2, -0.15) is 0 Å². The molecule has 0 N–H and O–H groups in total. The molecule has 3 nitrogen and oxygen atoms in total. The van der Waals surface area contributed by atoms with Crippen LogP contribution in [0.1, 0.15) is 22.0 Å². The largest absolute Gasteiger partial charge is 0.450 e. The first-order valence-corrected chi connectivity index (χ1v) is 8.57. The molecule has 2 rings (SSSR count). The summed E-state index contributed by atoms with van der Waals surface area (Å²) in [5.41, 5.74) is 1.16. The lowest BCUT2D eigenvalue weighted by Gasteiger charge is -2.25. The van der Waals surface area contributed by atoms with E-state index in [4.69, 9.17) is 16.3 Å². The first-order chi connectivity index (χ1) is 9.88. The van der Waals surface area contributed by atoms with Gasteiger partial charge in [-0.15, -0.1) is 0 Å². The molecule has 1 aromatic heterocycles. The molecule has 2 aromatic rings. The second-order valence-corrected chi connectivity index (χ2v) is 11.5. The second-order valence-electron chi connectivity index (χ2n) is 4.12. The van der Waals surface area contributed by atoms with Crippen LogP contribution in [0.2, 0.25) is 5.02 Å². The zero-order chi connectivity index (χ0) is 15.5. The number of hydrogen-bond donors (Lipinski definition) is 0. The van der Waals surface area contributed by atoms with Gasteiger partial charge >= 0.3 is 5.97 Å². The van der Waals surface area contributed by atoms with Crippen LogP contribution in [0.4, 0.5) is 0 Å². The number of halogens is 4. The van der Waals surface area contributed by atoms with E-state index in [2.05, 4.69) is 52.8 Å². The van der Waals surface area contributed by atoms with E-state index in [1.165, 1.54) is 0 Å². The molecule has 0 aliphatic carbocycles. The van der Waals surface area contributed by atoms with E-state index in [9.17, 15) is 4.79 Å². The van der Waals surface area contributed by atoms with Crippen LogP contribution < -0.4 is 0 Å². The van der Waals surface area contributed by atoms with Gasteiger partial charge in [0.05, 0.1) is 5.56 Å². The SMILES string of the molecule is O=C(OC(c1cccnc1)C(Br)(Br)Br)c1ccc(Cl)cc1. The smallest absolute Gasteiger partial charge is 0.338 e. The highest BCUT2D eigenvalue weighted by atomic mass is 80.0. The number of ether oxygens (including phenoxy) is 1. The van der Waals surface area contributed by atoms with Crippen LogP contribution in [0, 0.1) is 0 Å². The molecule has 0 amide bonds. The molecule has 0 spiro atoms. The summed E-state index contributed by atoms with van der Waals surface area (Å²) >= 11 is 16.0. The van der Waals surface area contributed by atoms with Crippen molar-refractivity contribution in [3.63, 3.8) is 0 Å². The predicted octanol–water partition coefficient (Wildman–Crippen LogP) is 5.47. The maximum atomic E-state index is 12.2. The monoisotopic (exact) mass is 495 g/mol. The Labute approximate surface area is 152 Å². The Bertz CT molecular complexity index is 614. The lowest BCUT2D eigenvalue weighted by molar-refractivity contribution is 0.0325. The molecule has 110 valence electrons. The summed E-state index contributed by atoms with van der Waals surface area (Å²) in [5, 5.41) is 0.561. The fourth-order valence-electron chi connectivity index (χ4n) is 1.62. The Morgan fingerprint density at radius 1 is 1.19 bits per heavy atom. The Kier molecular flexibility index (Phi) is 5.82. The van der Waals surface area contributed by atoms with Crippen LogP contribution in [0.5, 0.6) is 0 Å². The summed E-state index contributed by atoms with van der Waals surface area (Å²) in [5.74, 6) is -0.455. The molecular formula is C14H9Br3ClNO2. The van der Waals surface area contributed by atoms with Crippen LogP contribution in [-0.4, -0.2) is 13.1 Å².